The van der Waals surface area contributed by atoms with E-state index < -0.39 is 16.8 Å². The number of fused-ring (bicyclic) bond motifs is 1. The first-order valence-corrected chi connectivity index (χ1v) is 7.11. The minimum absolute atomic E-state index is 0.0487. The summed E-state index contributed by atoms with van der Waals surface area (Å²) in [6.07, 6.45) is 1.42. The Morgan fingerprint density at radius 1 is 1.20 bits per heavy atom. The molecule has 0 saturated carbocycles. The number of rotatable bonds is 4. The molecule has 25 heavy (non-hydrogen) atoms. The summed E-state index contributed by atoms with van der Waals surface area (Å²) in [5.41, 5.74) is 3.39. The number of carbonyl (C=O) groups excluding carboxylic acids is 2. The van der Waals surface area contributed by atoms with Gasteiger partial charge in [0, 0.05) is 17.7 Å². The molecule has 0 aliphatic carbocycles. The van der Waals surface area contributed by atoms with E-state index in [0.29, 0.717) is 11.0 Å². The SMILES string of the molecule is COC(=O)c1cc(C(=O)Nn2cnc3ccccc32)cc([N+](=O)[O-])c1. The van der Waals surface area contributed by atoms with Gasteiger partial charge in [0.2, 0.25) is 0 Å². The highest BCUT2D eigenvalue weighted by molar-refractivity contribution is 6.03. The maximum atomic E-state index is 12.5. The second-order valence-electron chi connectivity index (χ2n) is 5.06. The van der Waals surface area contributed by atoms with Gasteiger partial charge in [0.25, 0.3) is 11.6 Å². The largest absolute Gasteiger partial charge is 0.465 e. The number of imidazole rings is 1. The Bertz CT molecular complexity index is 995. The molecule has 0 aliphatic heterocycles. The summed E-state index contributed by atoms with van der Waals surface area (Å²) >= 11 is 0. The number of ether oxygens (including phenoxy) is 1. The second-order valence-corrected chi connectivity index (χ2v) is 5.06. The first kappa shape index (κ1) is 16.1. The minimum atomic E-state index is -0.772. The third kappa shape index (κ3) is 3.15. The van der Waals surface area contributed by atoms with E-state index in [9.17, 15) is 19.7 Å². The van der Waals surface area contributed by atoms with Gasteiger partial charge in [-0.05, 0) is 18.2 Å². The van der Waals surface area contributed by atoms with Crippen LogP contribution in [0.3, 0.4) is 0 Å². The zero-order valence-corrected chi connectivity index (χ0v) is 13.0. The van der Waals surface area contributed by atoms with Crippen LogP contribution in [0, 0.1) is 10.1 Å². The molecule has 0 atom stereocenters. The molecule has 0 unspecified atom stereocenters. The van der Waals surface area contributed by atoms with Crippen LogP contribution in [-0.2, 0) is 4.74 Å². The maximum absolute atomic E-state index is 12.5. The number of non-ortho nitro benzene ring substituents is 1. The number of nitrogens with one attached hydrogen (secondary N) is 1. The van der Waals surface area contributed by atoms with Crippen molar-refractivity contribution in [3.05, 3.63) is 70.0 Å². The van der Waals surface area contributed by atoms with Gasteiger partial charge in [0.15, 0.2) is 0 Å². The van der Waals surface area contributed by atoms with E-state index in [4.69, 9.17) is 0 Å². The van der Waals surface area contributed by atoms with Gasteiger partial charge >= 0.3 is 5.97 Å². The average molecular weight is 340 g/mol. The van der Waals surface area contributed by atoms with E-state index in [1.54, 1.807) is 18.2 Å². The molecule has 1 aromatic heterocycles. The topological polar surface area (TPSA) is 116 Å². The molecule has 0 fully saturated rings. The van der Waals surface area contributed by atoms with Crippen molar-refractivity contribution >= 4 is 28.6 Å². The Labute approximate surface area is 141 Å². The van der Waals surface area contributed by atoms with Crippen molar-refractivity contribution in [1.82, 2.24) is 9.66 Å². The van der Waals surface area contributed by atoms with Crippen LogP contribution >= 0.6 is 0 Å². The molecule has 0 spiro atoms. The fraction of sp³-hybridized carbons (Fsp3) is 0.0625. The first-order chi connectivity index (χ1) is 12.0. The molecule has 0 radical (unpaired) electrons. The van der Waals surface area contributed by atoms with E-state index >= 15 is 0 Å². The third-order valence-electron chi connectivity index (χ3n) is 3.49. The summed E-state index contributed by atoms with van der Waals surface area (Å²) in [5.74, 6) is -1.40. The number of amides is 1. The molecule has 3 aromatic rings. The quantitative estimate of drug-likeness (QED) is 0.442. The van der Waals surface area contributed by atoms with Crippen LogP contribution in [0.5, 0.6) is 0 Å². The number of esters is 1. The average Bonchev–Trinajstić information content (AvgIpc) is 3.03. The van der Waals surface area contributed by atoms with Crippen molar-refractivity contribution in [3.63, 3.8) is 0 Å². The number of nitro benzene ring substituents is 1. The number of nitro groups is 1. The maximum Gasteiger partial charge on any atom is 0.338 e. The molecule has 3 rings (SSSR count). The predicted molar refractivity (Wildman–Crippen MR) is 87.9 cm³/mol. The Kier molecular flexibility index (Phi) is 4.12. The number of hydrogen-bond acceptors (Lipinski definition) is 6. The van der Waals surface area contributed by atoms with Crippen molar-refractivity contribution in [3.8, 4) is 0 Å². The third-order valence-corrected chi connectivity index (χ3v) is 3.49. The van der Waals surface area contributed by atoms with E-state index in [0.717, 1.165) is 19.2 Å². The second kappa shape index (κ2) is 6.40. The van der Waals surface area contributed by atoms with E-state index in [1.165, 1.54) is 17.1 Å². The van der Waals surface area contributed by atoms with Crippen LogP contribution in [0.1, 0.15) is 20.7 Å². The highest BCUT2D eigenvalue weighted by Gasteiger charge is 2.19. The zero-order valence-electron chi connectivity index (χ0n) is 13.0. The number of benzene rings is 2. The molecule has 1 N–H and O–H groups in total. The fourth-order valence-electron chi connectivity index (χ4n) is 2.31. The monoisotopic (exact) mass is 340 g/mol. The minimum Gasteiger partial charge on any atom is -0.465 e. The van der Waals surface area contributed by atoms with Crippen molar-refractivity contribution in [2.45, 2.75) is 0 Å². The number of para-hydroxylation sites is 2. The summed E-state index contributed by atoms with van der Waals surface area (Å²) < 4.78 is 5.96. The first-order valence-electron chi connectivity index (χ1n) is 7.11. The van der Waals surface area contributed by atoms with E-state index in [-0.39, 0.29) is 16.8 Å². The Balaban J connectivity index is 1.97. The molecule has 0 saturated heterocycles. The molecule has 9 heteroatoms. The lowest BCUT2D eigenvalue weighted by atomic mass is 10.1. The van der Waals surface area contributed by atoms with Gasteiger partial charge in [-0.15, -0.1) is 0 Å². The number of hydrogen-bond donors (Lipinski definition) is 1. The van der Waals surface area contributed by atoms with Gasteiger partial charge in [-0.3, -0.25) is 20.3 Å². The van der Waals surface area contributed by atoms with Crippen molar-refractivity contribution < 1.29 is 19.2 Å². The van der Waals surface area contributed by atoms with Gasteiger partial charge in [0.1, 0.15) is 6.33 Å². The summed E-state index contributed by atoms with van der Waals surface area (Å²) in [6.45, 7) is 0. The van der Waals surface area contributed by atoms with Crippen LogP contribution in [0.15, 0.2) is 48.8 Å². The molecule has 0 bridgehead atoms. The number of nitrogens with zero attached hydrogens (tertiary/aromatic N) is 3. The lowest BCUT2D eigenvalue weighted by Gasteiger charge is -2.08. The molecule has 9 nitrogen and oxygen atoms in total. The lowest BCUT2D eigenvalue weighted by Crippen LogP contribution is -2.22. The molecule has 0 aliphatic rings. The summed E-state index contributed by atoms with van der Waals surface area (Å²) in [5, 5.41) is 11.0. The highest BCUT2D eigenvalue weighted by atomic mass is 16.6. The van der Waals surface area contributed by atoms with Gasteiger partial charge < -0.3 is 4.74 Å². The van der Waals surface area contributed by atoms with Crippen molar-refractivity contribution in [2.24, 2.45) is 0 Å². The van der Waals surface area contributed by atoms with Crippen LogP contribution in [0.25, 0.3) is 11.0 Å². The summed E-state index contributed by atoms with van der Waals surface area (Å²) in [4.78, 5) is 38.6. The summed E-state index contributed by atoms with van der Waals surface area (Å²) in [6, 6.07) is 10.5. The zero-order chi connectivity index (χ0) is 18.0. The normalized spacial score (nSPS) is 10.4. The van der Waals surface area contributed by atoms with Gasteiger partial charge in [-0.25, -0.2) is 14.5 Å². The predicted octanol–water partition coefficient (Wildman–Crippen LogP) is 2.12. The summed E-state index contributed by atoms with van der Waals surface area (Å²) in [7, 11) is 1.15. The van der Waals surface area contributed by atoms with Crippen molar-refractivity contribution in [1.29, 1.82) is 0 Å². The standard InChI is InChI=1S/C16H12N4O5/c1-25-16(22)11-6-10(7-12(8-11)20(23)24)15(21)18-19-9-17-13-4-2-3-5-14(13)19/h2-9H,1H3,(H,18,21). The van der Waals surface area contributed by atoms with Crippen LogP contribution in [-0.4, -0.2) is 33.6 Å². The Hall–Kier alpha value is -3.75. The number of carbonyl (C=O) groups is 2. The molecule has 2 aromatic carbocycles. The van der Waals surface area contributed by atoms with Crippen LogP contribution in [0.4, 0.5) is 5.69 Å². The van der Waals surface area contributed by atoms with Gasteiger partial charge in [-0.1, -0.05) is 12.1 Å². The van der Waals surface area contributed by atoms with Crippen LogP contribution < -0.4 is 5.43 Å². The number of aromatic nitrogens is 2. The molecule has 1 heterocycles. The van der Waals surface area contributed by atoms with E-state index in [1.807, 2.05) is 6.07 Å². The Morgan fingerprint density at radius 2 is 1.92 bits per heavy atom. The Morgan fingerprint density at radius 3 is 2.64 bits per heavy atom. The van der Waals surface area contributed by atoms with Gasteiger partial charge in [-0.2, -0.15) is 0 Å². The smallest absolute Gasteiger partial charge is 0.338 e. The molecular weight excluding hydrogens is 328 g/mol. The lowest BCUT2D eigenvalue weighted by molar-refractivity contribution is -0.384. The highest BCUT2D eigenvalue weighted by Crippen LogP contribution is 2.19. The molecular formula is C16H12N4O5. The van der Waals surface area contributed by atoms with E-state index in [2.05, 4.69) is 15.1 Å². The molecule has 126 valence electrons. The van der Waals surface area contributed by atoms with Crippen molar-refractivity contribution in [2.75, 3.05) is 12.5 Å². The van der Waals surface area contributed by atoms with Gasteiger partial charge in [0.05, 0.1) is 28.6 Å². The number of methoxy groups -OCH3 is 1. The molecule has 1 amide bonds. The fourth-order valence-corrected chi connectivity index (χ4v) is 2.31. The van der Waals surface area contributed by atoms with Crippen LogP contribution in [0.2, 0.25) is 0 Å².